The Balaban J connectivity index is 2.48. The van der Waals surface area contributed by atoms with Crippen molar-refractivity contribution >= 4 is 16.1 Å². The molecule has 1 aromatic carbocycles. The van der Waals surface area contributed by atoms with Crippen LogP contribution >= 0.6 is 0 Å². The fourth-order valence-electron chi connectivity index (χ4n) is 1.41. The number of ether oxygens (including phenoxy) is 1. The van der Waals surface area contributed by atoms with Crippen LogP contribution in [0.1, 0.15) is 10.4 Å². The van der Waals surface area contributed by atoms with E-state index < -0.39 is 15.1 Å². The average Bonchev–Trinajstić information content (AvgIpc) is 2.14. The number of hydrogen-bond acceptors (Lipinski definition) is 4. The summed E-state index contributed by atoms with van der Waals surface area (Å²) in [5.74, 6) is 0. The van der Waals surface area contributed by atoms with Gasteiger partial charge in [0.25, 0.3) is 0 Å². The van der Waals surface area contributed by atoms with E-state index in [0.29, 0.717) is 6.29 Å². The highest BCUT2D eigenvalue weighted by atomic mass is 32.2. The molecule has 0 saturated carbocycles. The van der Waals surface area contributed by atoms with Crippen LogP contribution in [0.2, 0.25) is 0 Å². The second-order valence-corrected chi connectivity index (χ2v) is 5.56. The number of carbonyl (C=O) groups is 1. The lowest BCUT2D eigenvalue weighted by Crippen LogP contribution is -2.40. The zero-order valence-corrected chi connectivity index (χ0v) is 8.74. The van der Waals surface area contributed by atoms with E-state index in [2.05, 4.69) is 0 Å². The average molecular weight is 226 g/mol. The third-order valence-electron chi connectivity index (χ3n) is 2.40. The van der Waals surface area contributed by atoms with Crippen molar-refractivity contribution in [3.05, 3.63) is 29.8 Å². The van der Waals surface area contributed by atoms with Gasteiger partial charge in [0.1, 0.15) is 5.25 Å². The molecular formula is C10H10O4S. The number of hydrogen-bond donors (Lipinski definition) is 0. The van der Waals surface area contributed by atoms with Gasteiger partial charge in [0.05, 0.1) is 18.1 Å². The molecule has 0 aromatic heterocycles. The summed E-state index contributed by atoms with van der Waals surface area (Å²) in [6.45, 7) is 0.436. The second kappa shape index (κ2) is 3.75. The van der Waals surface area contributed by atoms with E-state index in [1.807, 2.05) is 0 Å². The molecule has 0 N–H and O–H groups in total. The van der Waals surface area contributed by atoms with E-state index in [4.69, 9.17) is 4.74 Å². The van der Waals surface area contributed by atoms with Crippen molar-refractivity contribution in [2.75, 3.05) is 13.2 Å². The lowest BCUT2D eigenvalue weighted by molar-refractivity contribution is 0.0415. The molecule has 0 spiro atoms. The molecule has 0 atom stereocenters. The summed E-state index contributed by atoms with van der Waals surface area (Å²) in [7, 11) is -3.40. The first-order valence-electron chi connectivity index (χ1n) is 4.52. The Morgan fingerprint density at radius 3 is 2.47 bits per heavy atom. The van der Waals surface area contributed by atoms with E-state index in [-0.39, 0.29) is 23.7 Å². The Hall–Kier alpha value is -1.20. The summed E-state index contributed by atoms with van der Waals surface area (Å²) in [6, 6.07) is 6.20. The lowest BCUT2D eigenvalue weighted by atomic mass is 10.2. The van der Waals surface area contributed by atoms with E-state index in [1.54, 1.807) is 12.1 Å². The second-order valence-electron chi connectivity index (χ2n) is 3.36. The van der Waals surface area contributed by atoms with Crippen LogP contribution in [0.15, 0.2) is 29.2 Å². The van der Waals surface area contributed by atoms with Crippen molar-refractivity contribution < 1.29 is 17.9 Å². The summed E-state index contributed by atoms with van der Waals surface area (Å²) in [5, 5.41) is -0.501. The number of rotatable bonds is 3. The van der Waals surface area contributed by atoms with E-state index in [9.17, 15) is 13.2 Å². The number of aldehydes is 1. The van der Waals surface area contributed by atoms with Crippen LogP contribution in [-0.2, 0) is 14.6 Å². The zero-order valence-electron chi connectivity index (χ0n) is 7.92. The molecule has 1 fully saturated rings. The summed E-state index contributed by atoms with van der Waals surface area (Å²) >= 11 is 0. The maximum Gasteiger partial charge on any atom is 0.186 e. The quantitative estimate of drug-likeness (QED) is 0.711. The monoisotopic (exact) mass is 226 g/mol. The standard InChI is InChI=1S/C10H10O4S/c11-5-8-3-1-2-4-10(8)15(12,13)9-6-14-7-9/h1-5,9H,6-7H2. The molecule has 5 heteroatoms. The van der Waals surface area contributed by atoms with Crippen molar-refractivity contribution in [3.8, 4) is 0 Å². The molecule has 0 radical (unpaired) electrons. The highest BCUT2D eigenvalue weighted by molar-refractivity contribution is 7.92. The molecule has 0 aliphatic carbocycles. The highest BCUT2D eigenvalue weighted by Gasteiger charge is 2.35. The fourth-order valence-corrected chi connectivity index (χ4v) is 3.03. The summed E-state index contributed by atoms with van der Waals surface area (Å²) in [4.78, 5) is 10.8. The van der Waals surface area contributed by atoms with Gasteiger partial charge in [-0.25, -0.2) is 8.42 Å². The fraction of sp³-hybridized carbons (Fsp3) is 0.300. The highest BCUT2D eigenvalue weighted by Crippen LogP contribution is 2.23. The molecule has 1 heterocycles. The van der Waals surface area contributed by atoms with Gasteiger partial charge < -0.3 is 4.74 Å². The van der Waals surface area contributed by atoms with Crippen molar-refractivity contribution in [1.29, 1.82) is 0 Å². The molecule has 1 aliphatic heterocycles. The summed E-state index contributed by atoms with van der Waals surface area (Å²) in [6.07, 6.45) is 0.562. The van der Waals surface area contributed by atoms with Gasteiger partial charge in [-0.15, -0.1) is 0 Å². The molecule has 4 nitrogen and oxygen atoms in total. The number of benzene rings is 1. The smallest absolute Gasteiger partial charge is 0.186 e. The number of sulfone groups is 1. The van der Waals surface area contributed by atoms with E-state index in [0.717, 1.165) is 0 Å². The molecular weight excluding hydrogens is 216 g/mol. The minimum Gasteiger partial charge on any atom is -0.379 e. The predicted molar refractivity (Wildman–Crippen MR) is 53.6 cm³/mol. The first kappa shape index (κ1) is 10.3. The van der Waals surface area contributed by atoms with E-state index in [1.165, 1.54) is 12.1 Å². The SMILES string of the molecule is O=Cc1ccccc1S(=O)(=O)C1COC1. The topological polar surface area (TPSA) is 60.4 Å². The summed E-state index contributed by atoms with van der Waals surface area (Å²) in [5.41, 5.74) is 0.212. The Kier molecular flexibility index (Phi) is 2.58. The van der Waals surface area contributed by atoms with Gasteiger partial charge in [-0.2, -0.15) is 0 Å². The first-order chi connectivity index (χ1) is 7.16. The van der Waals surface area contributed by atoms with Crippen molar-refractivity contribution in [3.63, 3.8) is 0 Å². The molecule has 0 bridgehead atoms. The Morgan fingerprint density at radius 1 is 1.27 bits per heavy atom. The van der Waals surface area contributed by atoms with Crippen LogP contribution < -0.4 is 0 Å². The van der Waals surface area contributed by atoms with Crippen molar-refractivity contribution in [2.24, 2.45) is 0 Å². The third-order valence-corrected chi connectivity index (χ3v) is 4.53. The molecule has 15 heavy (non-hydrogen) atoms. The van der Waals surface area contributed by atoms with Gasteiger partial charge in [0, 0.05) is 5.56 Å². The third kappa shape index (κ3) is 1.68. The predicted octanol–water partition coefficient (Wildman–Crippen LogP) is 0.672. The van der Waals surface area contributed by atoms with Crippen LogP contribution in [0.4, 0.5) is 0 Å². The van der Waals surface area contributed by atoms with Crippen LogP contribution in [0, 0.1) is 0 Å². The van der Waals surface area contributed by atoms with Crippen molar-refractivity contribution in [1.82, 2.24) is 0 Å². The molecule has 1 saturated heterocycles. The molecule has 2 rings (SSSR count). The Labute approximate surface area is 87.8 Å². The molecule has 80 valence electrons. The maximum atomic E-state index is 12.0. The summed E-state index contributed by atoms with van der Waals surface area (Å²) < 4.78 is 28.8. The van der Waals surface area contributed by atoms with Crippen LogP contribution in [0.3, 0.4) is 0 Å². The normalized spacial score (nSPS) is 17.1. The Bertz CT molecular complexity index is 474. The minimum atomic E-state index is -3.40. The van der Waals surface area contributed by atoms with Gasteiger partial charge in [-0.05, 0) is 6.07 Å². The molecule has 0 unspecified atom stereocenters. The van der Waals surface area contributed by atoms with Crippen LogP contribution in [0.5, 0.6) is 0 Å². The van der Waals surface area contributed by atoms with Gasteiger partial charge in [0.15, 0.2) is 16.1 Å². The first-order valence-corrected chi connectivity index (χ1v) is 6.07. The molecule has 1 aliphatic rings. The van der Waals surface area contributed by atoms with Gasteiger partial charge in [0.2, 0.25) is 0 Å². The maximum absolute atomic E-state index is 12.0. The number of carbonyl (C=O) groups excluding carboxylic acids is 1. The van der Waals surface area contributed by atoms with Crippen molar-refractivity contribution in [2.45, 2.75) is 10.1 Å². The Morgan fingerprint density at radius 2 is 1.93 bits per heavy atom. The zero-order chi connectivity index (χ0) is 10.9. The van der Waals surface area contributed by atoms with Gasteiger partial charge in [-0.3, -0.25) is 4.79 Å². The van der Waals surface area contributed by atoms with Gasteiger partial charge in [-0.1, -0.05) is 18.2 Å². The molecule has 0 amide bonds. The van der Waals surface area contributed by atoms with Crippen LogP contribution in [0.25, 0.3) is 0 Å². The lowest BCUT2D eigenvalue weighted by Gasteiger charge is -2.26. The minimum absolute atomic E-state index is 0.105. The largest absolute Gasteiger partial charge is 0.379 e. The molecule has 1 aromatic rings. The van der Waals surface area contributed by atoms with E-state index >= 15 is 0 Å². The van der Waals surface area contributed by atoms with Gasteiger partial charge >= 0.3 is 0 Å². The van der Waals surface area contributed by atoms with Crippen LogP contribution in [-0.4, -0.2) is 33.2 Å².